The monoisotopic (exact) mass is 309 g/mol. The lowest BCUT2D eigenvalue weighted by Crippen LogP contribution is -2.05. The van der Waals surface area contributed by atoms with Gasteiger partial charge in [-0.2, -0.15) is 0 Å². The predicted octanol–water partition coefficient (Wildman–Crippen LogP) is 3.63. The van der Waals surface area contributed by atoms with Gasteiger partial charge in [-0.25, -0.2) is 0 Å². The summed E-state index contributed by atoms with van der Waals surface area (Å²) < 4.78 is 7.46. The normalized spacial score (nSPS) is 10.9. The molecule has 0 aliphatic heterocycles. The van der Waals surface area contributed by atoms with Crippen molar-refractivity contribution in [1.29, 1.82) is 0 Å². The Bertz CT molecular complexity index is 850. The number of hydrogen-bond acceptors (Lipinski definition) is 2. The Kier molecular flexibility index (Phi) is 4.06. The highest BCUT2D eigenvalue weighted by molar-refractivity contribution is 5.90. The van der Waals surface area contributed by atoms with Crippen molar-refractivity contribution < 1.29 is 14.6 Å². The molecule has 0 fully saturated rings. The Morgan fingerprint density at radius 1 is 1.17 bits per heavy atom. The molecule has 0 bridgehead atoms. The Morgan fingerprint density at radius 3 is 2.57 bits per heavy atom. The number of nitrogens with zero attached hydrogens (tertiary/aromatic N) is 1. The molecule has 118 valence electrons. The van der Waals surface area contributed by atoms with Gasteiger partial charge in [-0.15, -0.1) is 0 Å². The molecule has 23 heavy (non-hydrogen) atoms. The number of aromatic nitrogens is 1. The summed E-state index contributed by atoms with van der Waals surface area (Å²) in [6, 6.07) is 16.0. The third-order valence-corrected chi connectivity index (χ3v) is 4.17. The van der Waals surface area contributed by atoms with Crippen LogP contribution in [0.15, 0.2) is 48.5 Å². The second-order valence-corrected chi connectivity index (χ2v) is 5.59. The third kappa shape index (κ3) is 2.93. The average molecular weight is 309 g/mol. The standard InChI is InChI=1S/C19H19NO3/c1-13-16(11-19(21)22)17-10-15(23-2)8-9-18(17)20(13)12-14-6-4-3-5-7-14/h3-10H,11-12H2,1-2H3,(H,21,22). The highest BCUT2D eigenvalue weighted by Gasteiger charge is 2.17. The third-order valence-electron chi connectivity index (χ3n) is 4.17. The molecule has 0 spiro atoms. The second-order valence-electron chi connectivity index (χ2n) is 5.59. The SMILES string of the molecule is COc1ccc2c(c1)c(CC(=O)O)c(C)n2Cc1ccccc1. The molecule has 0 saturated heterocycles. The Labute approximate surface area is 134 Å². The molecule has 0 atom stereocenters. The fraction of sp³-hybridized carbons (Fsp3) is 0.211. The molecule has 0 aliphatic rings. The molecule has 2 aromatic carbocycles. The number of hydrogen-bond donors (Lipinski definition) is 1. The van der Waals surface area contributed by atoms with Gasteiger partial charge in [0.1, 0.15) is 5.75 Å². The van der Waals surface area contributed by atoms with Crippen molar-refractivity contribution in [3.63, 3.8) is 0 Å². The zero-order valence-corrected chi connectivity index (χ0v) is 13.2. The van der Waals surface area contributed by atoms with Crippen LogP contribution in [0.2, 0.25) is 0 Å². The van der Waals surface area contributed by atoms with E-state index in [0.29, 0.717) is 0 Å². The fourth-order valence-corrected chi connectivity index (χ4v) is 3.00. The zero-order chi connectivity index (χ0) is 16.4. The molecule has 0 aliphatic carbocycles. The van der Waals surface area contributed by atoms with E-state index in [0.717, 1.165) is 34.5 Å². The van der Waals surface area contributed by atoms with Crippen LogP contribution in [0.4, 0.5) is 0 Å². The van der Waals surface area contributed by atoms with E-state index in [1.54, 1.807) is 7.11 Å². The van der Waals surface area contributed by atoms with Crippen molar-refractivity contribution in [3.8, 4) is 5.75 Å². The first kappa shape index (κ1) is 15.2. The van der Waals surface area contributed by atoms with Gasteiger partial charge in [0.2, 0.25) is 0 Å². The first-order valence-electron chi connectivity index (χ1n) is 7.51. The van der Waals surface area contributed by atoms with E-state index in [1.807, 2.05) is 43.3 Å². The lowest BCUT2D eigenvalue weighted by atomic mass is 10.1. The number of carbonyl (C=O) groups is 1. The minimum absolute atomic E-state index is 0.0112. The number of benzene rings is 2. The number of aliphatic carboxylic acids is 1. The van der Waals surface area contributed by atoms with Gasteiger partial charge in [-0.05, 0) is 36.2 Å². The number of fused-ring (bicyclic) bond motifs is 1. The molecule has 4 heteroatoms. The van der Waals surface area contributed by atoms with Crippen LogP contribution in [0, 0.1) is 6.92 Å². The molecule has 0 radical (unpaired) electrons. The molecule has 1 aromatic heterocycles. The van der Waals surface area contributed by atoms with E-state index in [4.69, 9.17) is 4.74 Å². The van der Waals surface area contributed by atoms with Crippen LogP contribution in [-0.2, 0) is 17.8 Å². The average Bonchev–Trinajstić information content (AvgIpc) is 2.80. The molecule has 4 nitrogen and oxygen atoms in total. The number of carboxylic acids is 1. The van der Waals surface area contributed by atoms with Crippen LogP contribution in [0.3, 0.4) is 0 Å². The summed E-state index contributed by atoms with van der Waals surface area (Å²) in [4.78, 5) is 11.2. The van der Waals surface area contributed by atoms with Gasteiger partial charge < -0.3 is 14.4 Å². The van der Waals surface area contributed by atoms with Gasteiger partial charge >= 0.3 is 5.97 Å². The molecular formula is C19H19NO3. The molecule has 1 N–H and O–H groups in total. The van der Waals surface area contributed by atoms with E-state index in [2.05, 4.69) is 16.7 Å². The van der Waals surface area contributed by atoms with Crippen LogP contribution >= 0.6 is 0 Å². The van der Waals surface area contributed by atoms with E-state index < -0.39 is 5.97 Å². The van der Waals surface area contributed by atoms with Crippen LogP contribution in [0.5, 0.6) is 5.75 Å². The Balaban J connectivity index is 2.17. The molecule has 3 rings (SSSR count). The summed E-state index contributed by atoms with van der Waals surface area (Å²) in [6.07, 6.45) is 0.0112. The van der Waals surface area contributed by atoms with Crippen LogP contribution < -0.4 is 4.74 Å². The Hall–Kier alpha value is -2.75. The quantitative estimate of drug-likeness (QED) is 0.783. The van der Waals surface area contributed by atoms with Gasteiger partial charge in [0.15, 0.2) is 0 Å². The smallest absolute Gasteiger partial charge is 0.307 e. The first-order chi connectivity index (χ1) is 11.1. The summed E-state index contributed by atoms with van der Waals surface area (Å²) in [5, 5.41) is 10.2. The van der Waals surface area contributed by atoms with Gasteiger partial charge in [-0.1, -0.05) is 30.3 Å². The van der Waals surface area contributed by atoms with Crippen LogP contribution in [0.1, 0.15) is 16.8 Å². The molecule has 0 amide bonds. The topological polar surface area (TPSA) is 51.5 Å². The maximum absolute atomic E-state index is 11.2. The fourth-order valence-electron chi connectivity index (χ4n) is 3.00. The summed E-state index contributed by atoms with van der Waals surface area (Å²) in [5.74, 6) is -0.0873. The van der Waals surface area contributed by atoms with Crippen molar-refractivity contribution in [2.45, 2.75) is 19.9 Å². The van der Waals surface area contributed by atoms with E-state index >= 15 is 0 Å². The highest BCUT2D eigenvalue weighted by Crippen LogP contribution is 2.30. The summed E-state index contributed by atoms with van der Waals surface area (Å²) in [7, 11) is 1.62. The molecule has 1 heterocycles. The van der Waals surface area contributed by atoms with Crippen molar-refractivity contribution in [1.82, 2.24) is 4.57 Å². The molecule has 3 aromatic rings. The second kappa shape index (κ2) is 6.16. The number of ether oxygens (including phenoxy) is 1. The van der Waals surface area contributed by atoms with Crippen molar-refractivity contribution >= 4 is 16.9 Å². The predicted molar refractivity (Wildman–Crippen MR) is 90.1 cm³/mol. The Morgan fingerprint density at radius 2 is 1.91 bits per heavy atom. The van der Waals surface area contributed by atoms with Gasteiger partial charge in [0.05, 0.1) is 13.5 Å². The lowest BCUT2D eigenvalue weighted by molar-refractivity contribution is -0.136. The van der Waals surface area contributed by atoms with Crippen LogP contribution in [0.25, 0.3) is 10.9 Å². The van der Waals surface area contributed by atoms with Crippen molar-refractivity contribution in [3.05, 3.63) is 65.4 Å². The maximum atomic E-state index is 11.2. The summed E-state index contributed by atoms with van der Waals surface area (Å²) >= 11 is 0. The van der Waals surface area contributed by atoms with E-state index in [-0.39, 0.29) is 6.42 Å². The van der Waals surface area contributed by atoms with E-state index in [1.165, 1.54) is 5.56 Å². The summed E-state index contributed by atoms with van der Waals surface area (Å²) in [6.45, 7) is 2.70. The highest BCUT2D eigenvalue weighted by atomic mass is 16.5. The largest absolute Gasteiger partial charge is 0.497 e. The van der Waals surface area contributed by atoms with Gasteiger partial charge in [-0.3, -0.25) is 4.79 Å². The van der Waals surface area contributed by atoms with Crippen LogP contribution in [-0.4, -0.2) is 22.8 Å². The molecule has 0 unspecified atom stereocenters. The number of rotatable bonds is 5. The maximum Gasteiger partial charge on any atom is 0.307 e. The summed E-state index contributed by atoms with van der Waals surface area (Å²) in [5.41, 5.74) is 4.05. The lowest BCUT2D eigenvalue weighted by Gasteiger charge is -2.09. The molecular weight excluding hydrogens is 290 g/mol. The van der Waals surface area contributed by atoms with Crippen molar-refractivity contribution in [2.24, 2.45) is 0 Å². The molecule has 0 saturated carbocycles. The van der Waals surface area contributed by atoms with Crippen molar-refractivity contribution in [2.75, 3.05) is 7.11 Å². The number of carboxylic acid groups (broad SMARTS) is 1. The minimum Gasteiger partial charge on any atom is -0.497 e. The first-order valence-corrected chi connectivity index (χ1v) is 7.51. The minimum atomic E-state index is -0.824. The van der Waals surface area contributed by atoms with E-state index in [9.17, 15) is 9.90 Å². The van der Waals surface area contributed by atoms with Gasteiger partial charge in [0, 0.05) is 23.1 Å². The zero-order valence-electron chi connectivity index (χ0n) is 13.2. The van der Waals surface area contributed by atoms with Gasteiger partial charge in [0.25, 0.3) is 0 Å². The number of methoxy groups -OCH3 is 1.